The molecule has 1 saturated heterocycles. The average Bonchev–Trinajstić information content (AvgIpc) is 3.58. The van der Waals surface area contributed by atoms with Crippen LogP contribution in [0.25, 0.3) is 27.6 Å². The zero-order chi connectivity index (χ0) is 23.2. The predicted octanol–water partition coefficient (Wildman–Crippen LogP) is 2.47. The van der Waals surface area contributed by atoms with Gasteiger partial charge in [0.15, 0.2) is 17.1 Å². The third-order valence-electron chi connectivity index (χ3n) is 6.27. The Balaban J connectivity index is 1.21. The monoisotopic (exact) mass is 476 g/mol. The first kappa shape index (κ1) is 20.9. The third-order valence-corrected chi connectivity index (χ3v) is 7.23. The molecule has 0 atom stereocenters. The van der Waals surface area contributed by atoms with Crippen LogP contribution in [0.15, 0.2) is 51.9 Å². The van der Waals surface area contributed by atoms with Gasteiger partial charge in [0.1, 0.15) is 4.70 Å². The molecule has 0 spiro atoms. The molecule has 1 aliphatic heterocycles. The molecule has 0 unspecified atom stereocenters. The van der Waals surface area contributed by atoms with Crippen molar-refractivity contribution in [2.24, 2.45) is 0 Å². The lowest BCUT2D eigenvalue weighted by molar-refractivity contribution is 0.248. The Morgan fingerprint density at radius 1 is 1.03 bits per heavy atom. The fourth-order valence-corrected chi connectivity index (χ4v) is 5.30. The minimum atomic E-state index is -0.0733. The summed E-state index contributed by atoms with van der Waals surface area (Å²) in [6, 6.07) is 12.2. The van der Waals surface area contributed by atoms with Crippen LogP contribution >= 0.6 is 11.3 Å². The van der Waals surface area contributed by atoms with Crippen LogP contribution in [0.3, 0.4) is 0 Å². The summed E-state index contributed by atoms with van der Waals surface area (Å²) in [5.74, 6) is 1.13. The Labute approximate surface area is 198 Å². The van der Waals surface area contributed by atoms with Crippen molar-refractivity contribution in [2.75, 3.05) is 43.4 Å². The van der Waals surface area contributed by atoms with E-state index in [2.05, 4.69) is 56.1 Å². The van der Waals surface area contributed by atoms with Gasteiger partial charge in [-0.25, -0.2) is 4.98 Å². The fraction of sp³-hybridized carbons (Fsp3) is 0.304. The van der Waals surface area contributed by atoms with E-state index >= 15 is 0 Å². The van der Waals surface area contributed by atoms with Crippen LogP contribution in [0.4, 0.5) is 11.6 Å². The van der Waals surface area contributed by atoms with Crippen LogP contribution in [0.5, 0.6) is 0 Å². The van der Waals surface area contributed by atoms with Crippen molar-refractivity contribution in [3.8, 4) is 11.6 Å². The summed E-state index contributed by atoms with van der Waals surface area (Å²) >= 11 is 1.12. The maximum Gasteiger partial charge on any atom is 0.309 e. The summed E-state index contributed by atoms with van der Waals surface area (Å²) < 4.78 is 9.24. The number of nitrogen functional groups attached to an aromatic ring is 1. The van der Waals surface area contributed by atoms with E-state index in [0.29, 0.717) is 34.1 Å². The SMILES string of the molecule is Cc1ccc(N2CCN(CCn3c(=O)sc4c3nc(N)n3nc(-c5ccco5)nc43)CC2)cc1. The molecule has 11 heteroatoms. The fourth-order valence-electron chi connectivity index (χ4n) is 4.36. The van der Waals surface area contributed by atoms with Crippen molar-refractivity contribution in [1.82, 2.24) is 29.0 Å². The number of furan rings is 1. The van der Waals surface area contributed by atoms with E-state index in [1.54, 1.807) is 23.0 Å². The van der Waals surface area contributed by atoms with Gasteiger partial charge in [-0.15, -0.1) is 5.10 Å². The molecule has 1 aliphatic rings. The van der Waals surface area contributed by atoms with Crippen LogP contribution in [-0.2, 0) is 6.54 Å². The average molecular weight is 477 g/mol. The molecule has 1 fully saturated rings. The van der Waals surface area contributed by atoms with E-state index < -0.39 is 0 Å². The summed E-state index contributed by atoms with van der Waals surface area (Å²) in [6.07, 6.45) is 1.56. The summed E-state index contributed by atoms with van der Waals surface area (Å²) in [4.78, 5) is 26.6. The smallest absolute Gasteiger partial charge is 0.309 e. The van der Waals surface area contributed by atoms with E-state index in [-0.39, 0.29) is 10.8 Å². The lowest BCUT2D eigenvalue weighted by Crippen LogP contribution is -2.47. The molecule has 0 radical (unpaired) electrons. The predicted molar refractivity (Wildman–Crippen MR) is 132 cm³/mol. The van der Waals surface area contributed by atoms with Gasteiger partial charge in [-0.1, -0.05) is 29.0 Å². The van der Waals surface area contributed by atoms with Crippen molar-refractivity contribution in [3.63, 3.8) is 0 Å². The quantitative estimate of drug-likeness (QED) is 0.412. The molecule has 10 nitrogen and oxygen atoms in total. The van der Waals surface area contributed by atoms with E-state index in [1.165, 1.54) is 15.8 Å². The molecule has 1 aromatic carbocycles. The summed E-state index contributed by atoms with van der Waals surface area (Å²) in [7, 11) is 0. The van der Waals surface area contributed by atoms with Gasteiger partial charge >= 0.3 is 4.87 Å². The number of thiazole rings is 1. The Kier molecular flexibility index (Phi) is 5.07. The van der Waals surface area contributed by atoms with Gasteiger partial charge in [-0.2, -0.15) is 9.50 Å². The summed E-state index contributed by atoms with van der Waals surface area (Å²) in [6.45, 7) is 7.23. The molecule has 2 N–H and O–H groups in total. The molecular formula is C23H24N8O2S. The minimum Gasteiger partial charge on any atom is -0.461 e. The third kappa shape index (κ3) is 3.62. The number of piperazine rings is 1. The molecule has 0 amide bonds. The lowest BCUT2D eigenvalue weighted by Gasteiger charge is -2.36. The van der Waals surface area contributed by atoms with Crippen molar-refractivity contribution < 1.29 is 4.42 Å². The number of anilines is 2. The zero-order valence-electron chi connectivity index (χ0n) is 18.7. The number of aryl methyl sites for hydroxylation is 1. The second kappa shape index (κ2) is 8.26. The Bertz CT molecular complexity index is 1510. The number of rotatable bonds is 5. The molecular weight excluding hydrogens is 452 g/mol. The Hall–Kier alpha value is -3.70. The van der Waals surface area contributed by atoms with Gasteiger partial charge < -0.3 is 15.1 Å². The number of benzene rings is 1. The highest BCUT2D eigenvalue weighted by molar-refractivity contribution is 7.17. The van der Waals surface area contributed by atoms with Gasteiger partial charge in [0.2, 0.25) is 11.8 Å². The van der Waals surface area contributed by atoms with Crippen LogP contribution in [0.1, 0.15) is 5.56 Å². The van der Waals surface area contributed by atoms with Gasteiger partial charge in [0, 0.05) is 45.0 Å². The second-order valence-corrected chi connectivity index (χ2v) is 9.42. The molecule has 5 heterocycles. The van der Waals surface area contributed by atoms with Crippen LogP contribution < -0.4 is 15.5 Å². The first-order valence-corrected chi connectivity index (χ1v) is 12.0. The zero-order valence-corrected chi connectivity index (χ0v) is 19.5. The largest absolute Gasteiger partial charge is 0.461 e. The molecule has 5 aromatic rings. The topological polar surface area (TPSA) is 111 Å². The number of nitrogens with zero attached hydrogens (tertiary/aromatic N) is 7. The van der Waals surface area contributed by atoms with Crippen LogP contribution in [0, 0.1) is 6.92 Å². The molecule has 0 aliphatic carbocycles. The first-order chi connectivity index (χ1) is 16.6. The highest BCUT2D eigenvalue weighted by Gasteiger charge is 2.21. The summed E-state index contributed by atoms with van der Waals surface area (Å²) in [5, 5.41) is 4.41. The van der Waals surface area contributed by atoms with Gasteiger partial charge in [-0.3, -0.25) is 14.3 Å². The normalized spacial score (nSPS) is 15.0. The van der Waals surface area contributed by atoms with E-state index in [4.69, 9.17) is 10.2 Å². The molecule has 4 aromatic heterocycles. The highest BCUT2D eigenvalue weighted by Crippen LogP contribution is 2.25. The van der Waals surface area contributed by atoms with Crippen LogP contribution in [0.2, 0.25) is 0 Å². The number of hydrogen-bond acceptors (Lipinski definition) is 9. The highest BCUT2D eigenvalue weighted by atomic mass is 32.1. The number of aromatic nitrogens is 5. The number of hydrogen-bond donors (Lipinski definition) is 1. The van der Waals surface area contributed by atoms with Crippen molar-refractivity contribution in [1.29, 1.82) is 0 Å². The molecule has 0 bridgehead atoms. The Morgan fingerprint density at radius 3 is 2.56 bits per heavy atom. The summed E-state index contributed by atoms with van der Waals surface area (Å²) in [5.41, 5.74) is 9.78. The lowest BCUT2D eigenvalue weighted by atomic mass is 10.2. The first-order valence-electron chi connectivity index (χ1n) is 11.2. The molecule has 6 rings (SSSR count). The van der Waals surface area contributed by atoms with Crippen molar-refractivity contribution in [2.45, 2.75) is 13.5 Å². The number of fused-ring (bicyclic) bond motifs is 3. The molecule has 0 saturated carbocycles. The minimum absolute atomic E-state index is 0.0733. The number of nitrogens with two attached hydrogens (primary N) is 1. The van der Waals surface area contributed by atoms with Crippen LogP contribution in [-0.4, -0.2) is 61.8 Å². The van der Waals surface area contributed by atoms with E-state index in [9.17, 15) is 4.79 Å². The van der Waals surface area contributed by atoms with Gasteiger partial charge in [0.25, 0.3) is 0 Å². The standard InChI is InChI=1S/C23H24N8O2S/c1-15-4-6-16(7-5-15)29-11-8-28(9-12-29)10-13-30-20-18(34-23(30)32)21-25-19(17-3-2-14-33-17)27-31(21)22(24)26-20/h2-7,14H,8-13H2,1H3,(H2,24,26). The molecule has 34 heavy (non-hydrogen) atoms. The van der Waals surface area contributed by atoms with Crippen molar-refractivity contribution >= 4 is 39.0 Å². The van der Waals surface area contributed by atoms with E-state index in [0.717, 1.165) is 44.1 Å². The van der Waals surface area contributed by atoms with E-state index in [1.807, 2.05) is 0 Å². The maximum atomic E-state index is 12.9. The van der Waals surface area contributed by atoms with Gasteiger partial charge in [0.05, 0.1) is 6.26 Å². The maximum absolute atomic E-state index is 12.9. The Morgan fingerprint density at radius 2 is 1.82 bits per heavy atom. The second-order valence-electron chi connectivity index (χ2n) is 8.45. The molecule has 174 valence electrons. The van der Waals surface area contributed by atoms with Gasteiger partial charge in [-0.05, 0) is 31.2 Å². The van der Waals surface area contributed by atoms with Crippen molar-refractivity contribution in [3.05, 3.63) is 57.9 Å².